The Labute approximate surface area is 218 Å². The maximum Gasteiger partial charge on any atom is 0.325 e. The lowest BCUT2D eigenvalue weighted by molar-refractivity contribution is 0.0950. The van der Waals surface area contributed by atoms with Gasteiger partial charge in [0.1, 0.15) is 24.0 Å². The van der Waals surface area contributed by atoms with Gasteiger partial charge in [-0.3, -0.25) is 9.69 Å². The molecule has 1 aliphatic rings. The number of nitrogens with zero attached hydrogens (tertiary/aromatic N) is 2. The number of rotatable bonds is 8. The molecule has 37 heavy (non-hydrogen) atoms. The Morgan fingerprint density at radius 1 is 1.16 bits per heavy atom. The first-order valence-electron chi connectivity index (χ1n) is 11.6. The summed E-state index contributed by atoms with van der Waals surface area (Å²) in [6.45, 7) is 1.59. The molecule has 0 radical (unpaired) electrons. The van der Waals surface area contributed by atoms with Crippen LogP contribution in [0, 0.1) is 11.6 Å². The molecule has 2 N–H and O–H groups in total. The number of hydrogen-bond donors (Lipinski definition) is 2. The van der Waals surface area contributed by atoms with Crippen LogP contribution < -0.4 is 15.0 Å². The highest BCUT2D eigenvalue weighted by atomic mass is 35.5. The van der Waals surface area contributed by atoms with Gasteiger partial charge in [-0.2, -0.15) is 0 Å². The molecule has 10 heteroatoms. The summed E-state index contributed by atoms with van der Waals surface area (Å²) < 4.78 is 33.7. The molecule has 0 aliphatic carbocycles. The Morgan fingerprint density at radius 2 is 1.95 bits per heavy atom. The third-order valence-corrected chi connectivity index (χ3v) is 6.62. The fourth-order valence-electron chi connectivity index (χ4n) is 4.19. The lowest BCUT2D eigenvalue weighted by Gasteiger charge is -2.39. The Kier molecular flexibility index (Phi) is 7.94. The van der Waals surface area contributed by atoms with Crippen LogP contribution in [0.15, 0.2) is 54.6 Å². The van der Waals surface area contributed by atoms with Crippen LogP contribution in [0.2, 0.25) is 5.02 Å². The molecule has 3 aromatic rings. The summed E-state index contributed by atoms with van der Waals surface area (Å²) in [5.41, 5.74) is 2.20. The number of carbonyl (C=O) groups is 2. The molecule has 7 nitrogen and oxygen atoms in total. The number of nitrogens with one attached hydrogen (secondary N) is 1. The van der Waals surface area contributed by atoms with Crippen molar-refractivity contribution in [2.75, 3.05) is 25.2 Å². The molecule has 0 saturated carbocycles. The average molecular weight is 530 g/mol. The van der Waals surface area contributed by atoms with Crippen molar-refractivity contribution in [1.29, 1.82) is 0 Å². The second kappa shape index (κ2) is 11.1. The third kappa shape index (κ3) is 5.68. The number of amides is 3. The number of hydrogen-bond acceptors (Lipinski definition) is 4. The van der Waals surface area contributed by atoms with Crippen LogP contribution in [0.25, 0.3) is 0 Å². The molecule has 0 saturated heterocycles. The number of benzene rings is 3. The van der Waals surface area contributed by atoms with E-state index in [1.807, 2.05) is 6.92 Å². The van der Waals surface area contributed by atoms with E-state index in [2.05, 4.69) is 5.32 Å². The largest absolute Gasteiger partial charge is 0.491 e. The summed E-state index contributed by atoms with van der Waals surface area (Å²) in [4.78, 5) is 29.1. The molecule has 1 aliphatic heterocycles. The minimum atomic E-state index is -0.535. The van der Waals surface area contributed by atoms with Crippen molar-refractivity contribution in [2.24, 2.45) is 0 Å². The van der Waals surface area contributed by atoms with Crippen molar-refractivity contribution in [2.45, 2.75) is 26.1 Å². The quantitative estimate of drug-likeness (QED) is 0.428. The van der Waals surface area contributed by atoms with Gasteiger partial charge in [0.05, 0.1) is 24.9 Å². The molecular weight excluding hydrogens is 504 g/mol. The van der Waals surface area contributed by atoms with Crippen LogP contribution in [0.3, 0.4) is 0 Å². The predicted octanol–water partition coefficient (Wildman–Crippen LogP) is 5.05. The van der Waals surface area contributed by atoms with Gasteiger partial charge in [-0.1, -0.05) is 23.7 Å². The molecule has 0 aromatic heterocycles. The van der Waals surface area contributed by atoms with Gasteiger partial charge in [0, 0.05) is 35.8 Å². The highest BCUT2D eigenvalue weighted by molar-refractivity contribution is 6.31. The Bertz CT molecular complexity index is 1320. The van der Waals surface area contributed by atoms with Crippen LogP contribution >= 0.6 is 11.6 Å². The lowest BCUT2D eigenvalue weighted by atomic mass is 9.98. The second-order valence-corrected chi connectivity index (χ2v) is 9.09. The molecule has 1 heterocycles. The molecule has 3 aromatic carbocycles. The minimum absolute atomic E-state index is 0.0191. The van der Waals surface area contributed by atoms with E-state index in [0.717, 1.165) is 5.56 Å². The second-order valence-electron chi connectivity index (χ2n) is 8.68. The predicted molar refractivity (Wildman–Crippen MR) is 136 cm³/mol. The molecule has 194 valence electrons. The van der Waals surface area contributed by atoms with Gasteiger partial charge in [-0.25, -0.2) is 13.6 Å². The van der Waals surface area contributed by atoms with Gasteiger partial charge < -0.3 is 20.1 Å². The van der Waals surface area contributed by atoms with Gasteiger partial charge in [-0.15, -0.1) is 0 Å². The smallest absolute Gasteiger partial charge is 0.325 e. The van der Waals surface area contributed by atoms with E-state index in [4.69, 9.17) is 21.4 Å². The van der Waals surface area contributed by atoms with Crippen LogP contribution in [0.1, 0.15) is 40.0 Å². The summed E-state index contributed by atoms with van der Waals surface area (Å²) in [6, 6.07) is 12.7. The van der Waals surface area contributed by atoms with Crippen LogP contribution in [0.4, 0.5) is 19.3 Å². The standard InChI is InChI=1S/C27H26ClF2N3O4/c1-16-21-7-6-18(26(35)31-14-17-10-19(29)13-20(11-17)37-9-8-34)12-25(21)33(27(36)32(16)2)15-22-23(28)4-3-5-24(22)30/h3-7,10-13,16,34H,8-9,14-15H2,1-2H3,(H,31,35). The average Bonchev–Trinajstić information content (AvgIpc) is 2.88. The Morgan fingerprint density at radius 3 is 2.68 bits per heavy atom. The van der Waals surface area contributed by atoms with Gasteiger partial charge in [0.25, 0.3) is 5.91 Å². The number of carbonyl (C=O) groups excluding carboxylic acids is 2. The van der Waals surface area contributed by atoms with Crippen molar-refractivity contribution in [1.82, 2.24) is 10.2 Å². The molecule has 0 bridgehead atoms. The highest BCUT2D eigenvalue weighted by Crippen LogP contribution is 2.38. The van der Waals surface area contributed by atoms with E-state index in [1.54, 1.807) is 37.4 Å². The number of aliphatic hydroxyl groups excluding tert-OH is 1. The van der Waals surface area contributed by atoms with Gasteiger partial charge in [0.2, 0.25) is 0 Å². The number of halogens is 3. The van der Waals surface area contributed by atoms with Gasteiger partial charge in [-0.05, 0) is 54.4 Å². The molecular formula is C27H26ClF2N3O4. The van der Waals surface area contributed by atoms with Crippen molar-refractivity contribution in [3.05, 3.63) is 93.5 Å². The lowest BCUT2D eigenvalue weighted by Crippen LogP contribution is -2.46. The maximum absolute atomic E-state index is 14.5. The zero-order valence-corrected chi connectivity index (χ0v) is 21.1. The summed E-state index contributed by atoms with van der Waals surface area (Å²) in [6.07, 6.45) is 0. The van der Waals surface area contributed by atoms with Gasteiger partial charge >= 0.3 is 6.03 Å². The Balaban J connectivity index is 1.59. The fraction of sp³-hybridized carbons (Fsp3) is 0.259. The minimum Gasteiger partial charge on any atom is -0.491 e. The van der Waals surface area contributed by atoms with E-state index >= 15 is 0 Å². The Hall–Kier alpha value is -3.69. The fourth-order valence-corrected chi connectivity index (χ4v) is 4.41. The number of aliphatic hydroxyl groups is 1. The molecule has 4 rings (SSSR count). The summed E-state index contributed by atoms with van der Waals surface area (Å²) in [5, 5.41) is 11.8. The molecule has 0 fully saturated rings. The first kappa shape index (κ1) is 26.4. The zero-order valence-electron chi connectivity index (χ0n) is 20.3. The summed E-state index contributed by atoms with van der Waals surface area (Å²) in [5.74, 6) is -1.26. The maximum atomic E-state index is 14.5. The normalized spacial score (nSPS) is 15.0. The van der Waals surface area contributed by atoms with E-state index in [0.29, 0.717) is 11.3 Å². The third-order valence-electron chi connectivity index (χ3n) is 6.27. The van der Waals surface area contributed by atoms with Crippen LogP contribution in [-0.2, 0) is 13.1 Å². The zero-order chi connectivity index (χ0) is 26.7. The van der Waals surface area contributed by atoms with Crippen molar-refractivity contribution < 1.29 is 28.2 Å². The summed E-state index contributed by atoms with van der Waals surface area (Å²) >= 11 is 6.22. The molecule has 1 unspecified atom stereocenters. The van der Waals surface area contributed by atoms with E-state index in [9.17, 15) is 18.4 Å². The van der Waals surface area contributed by atoms with E-state index in [1.165, 1.54) is 34.1 Å². The van der Waals surface area contributed by atoms with Crippen LogP contribution in [-0.4, -0.2) is 42.2 Å². The van der Waals surface area contributed by atoms with E-state index in [-0.39, 0.29) is 60.3 Å². The first-order chi connectivity index (χ1) is 17.7. The molecule has 0 spiro atoms. The van der Waals surface area contributed by atoms with Crippen molar-refractivity contribution in [3.8, 4) is 5.75 Å². The number of anilines is 1. The summed E-state index contributed by atoms with van der Waals surface area (Å²) in [7, 11) is 1.66. The highest BCUT2D eigenvalue weighted by Gasteiger charge is 2.34. The van der Waals surface area contributed by atoms with E-state index < -0.39 is 17.5 Å². The van der Waals surface area contributed by atoms with Crippen LogP contribution in [0.5, 0.6) is 5.75 Å². The number of urea groups is 1. The van der Waals surface area contributed by atoms with Crippen molar-refractivity contribution >= 4 is 29.2 Å². The molecule has 1 atom stereocenters. The first-order valence-corrected chi connectivity index (χ1v) is 12.0. The van der Waals surface area contributed by atoms with Gasteiger partial charge in [0.15, 0.2) is 0 Å². The topological polar surface area (TPSA) is 82.1 Å². The molecule has 3 amide bonds. The number of fused-ring (bicyclic) bond motifs is 1. The number of ether oxygens (including phenoxy) is 1. The van der Waals surface area contributed by atoms with Crippen molar-refractivity contribution in [3.63, 3.8) is 0 Å². The monoisotopic (exact) mass is 529 g/mol. The SMILES string of the molecule is CC1c2ccc(C(=O)NCc3cc(F)cc(OCCO)c3)cc2N(Cc2c(F)cccc2Cl)C(=O)N1C.